The van der Waals surface area contributed by atoms with E-state index in [4.69, 9.17) is 10.2 Å². The van der Waals surface area contributed by atoms with Gasteiger partial charge in [0.05, 0.1) is 12.0 Å². The first-order valence-electron chi connectivity index (χ1n) is 6.26. The second-order valence-corrected chi connectivity index (χ2v) is 4.83. The van der Waals surface area contributed by atoms with E-state index in [1.54, 1.807) is 12.1 Å². The second kappa shape index (κ2) is 6.75. The van der Waals surface area contributed by atoms with Gasteiger partial charge in [-0.15, -0.1) is 0 Å². The Morgan fingerprint density at radius 1 is 1.30 bits per heavy atom. The molecule has 108 valence electrons. The summed E-state index contributed by atoms with van der Waals surface area (Å²) >= 11 is 0. The van der Waals surface area contributed by atoms with E-state index in [2.05, 4.69) is 6.58 Å². The number of carboxylic acids is 2. The number of rotatable bonds is 7. The number of aromatic carboxylic acids is 1. The Bertz CT molecular complexity index is 537. The molecule has 5 nitrogen and oxygen atoms in total. The van der Waals surface area contributed by atoms with Crippen molar-refractivity contribution < 1.29 is 19.8 Å². The number of anilines is 1. The van der Waals surface area contributed by atoms with Gasteiger partial charge in [-0.1, -0.05) is 18.2 Å². The lowest BCUT2D eigenvalue weighted by molar-refractivity contribution is -0.136. The summed E-state index contributed by atoms with van der Waals surface area (Å²) in [6.07, 6.45) is -0.00990. The predicted molar refractivity (Wildman–Crippen MR) is 77.4 cm³/mol. The van der Waals surface area contributed by atoms with Crippen LogP contribution in [0.1, 0.15) is 29.3 Å². The molecule has 1 aromatic carbocycles. The van der Waals surface area contributed by atoms with Gasteiger partial charge in [-0.3, -0.25) is 4.79 Å². The molecule has 0 bridgehead atoms. The van der Waals surface area contributed by atoms with Gasteiger partial charge in [-0.05, 0) is 31.5 Å². The van der Waals surface area contributed by atoms with Crippen LogP contribution in [0.4, 0.5) is 5.69 Å². The predicted octanol–water partition coefficient (Wildman–Crippen LogP) is 2.55. The highest BCUT2D eigenvalue weighted by molar-refractivity contribution is 5.89. The van der Waals surface area contributed by atoms with Crippen LogP contribution in [-0.4, -0.2) is 35.2 Å². The van der Waals surface area contributed by atoms with Crippen molar-refractivity contribution in [3.8, 4) is 0 Å². The molecule has 0 saturated carbocycles. The fraction of sp³-hybridized carbons (Fsp3) is 0.333. The first kappa shape index (κ1) is 15.8. The fourth-order valence-corrected chi connectivity index (χ4v) is 1.92. The lowest BCUT2D eigenvalue weighted by Crippen LogP contribution is -2.28. The smallest absolute Gasteiger partial charge is 0.335 e. The van der Waals surface area contributed by atoms with Crippen molar-refractivity contribution in [1.29, 1.82) is 0 Å². The summed E-state index contributed by atoms with van der Waals surface area (Å²) in [5, 5.41) is 17.9. The van der Waals surface area contributed by atoms with Gasteiger partial charge in [-0.25, -0.2) is 4.79 Å². The van der Waals surface area contributed by atoms with Gasteiger partial charge < -0.3 is 15.1 Å². The minimum absolute atomic E-state index is 0.00990. The summed E-state index contributed by atoms with van der Waals surface area (Å²) in [5.41, 5.74) is 2.71. The van der Waals surface area contributed by atoms with Gasteiger partial charge in [-0.2, -0.15) is 0 Å². The lowest BCUT2D eigenvalue weighted by atomic mass is 10.1. The van der Waals surface area contributed by atoms with Crippen molar-refractivity contribution in [2.24, 2.45) is 0 Å². The van der Waals surface area contributed by atoms with Crippen molar-refractivity contribution in [1.82, 2.24) is 0 Å². The Balaban J connectivity index is 3.10. The molecule has 0 unspecified atom stereocenters. The standard InChI is InChI=1S/C15H19NO4/c1-10(2)9-16(7-6-14(17)18)13-8-12(15(19)20)5-4-11(13)3/h4-5,8H,1,6-7,9H2,2-3H3,(H,17,18)(H,19,20). The Hall–Kier alpha value is -2.30. The molecular formula is C15H19NO4. The molecule has 5 heteroatoms. The first-order chi connectivity index (χ1) is 9.31. The maximum absolute atomic E-state index is 11.0. The number of hydrogen-bond donors (Lipinski definition) is 2. The van der Waals surface area contributed by atoms with Crippen molar-refractivity contribution >= 4 is 17.6 Å². The van der Waals surface area contributed by atoms with E-state index in [-0.39, 0.29) is 12.0 Å². The zero-order valence-corrected chi connectivity index (χ0v) is 11.7. The van der Waals surface area contributed by atoms with Crippen LogP contribution in [0.3, 0.4) is 0 Å². The van der Waals surface area contributed by atoms with Crippen molar-refractivity contribution in [3.63, 3.8) is 0 Å². The quantitative estimate of drug-likeness (QED) is 0.749. The summed E-state index contributed by atoms with van der Waals surface area (Å²) in [6.45, 7) is 8.36. The van der Waals surface area contributed by atoms with Crippen LogP contribution in [0.15, 0.2) is 30.4 Å². The van der Waals surface area contributed by atoms with Crippen molar-refractivity contribution in [2.75, 3.05) is 18.0 Å². The summed E-state index contributed by atoms with van der Waals surface area (Å²) in [4.78, 5) is 23.6. The van der Waals surface area contributed by atoms with Gasteiger partial charge in [0, 0.05) is 18.8 Å². The molecule has 0 fully saturated rings. The number of hydrogen-bond acceptors (Lipinski definition) is 3. The minimum atomic E-state index is -1.00. The molecule has 0 aromatic heterocycles. The summed E-state index contributed by atoms with van der Waals surface area (Å²) in [5.74, 6) is -1.89. The number of nitrogens with zero attached hydrogens (tertiary/aromatic N) is 1. The fourth-order valence-electron chi connectivity index (χ4n) is 1.92. The number of carbonyl (C=O) groups is 2. The van der Waals surface area contributed by atoms with E-state index in [1.807, 2.05) is 18.7 Å². The van der Waals surface area contributed by atoms with E-state index in [0.717, 1.165) is 16.8 Å². The summed E-state index contributed by atoms with van der Waals surface area (Å²) in [7, 11) is 0. The SMILES string of the molecule is C=C(C)CN(CCC(=O)O)c1cc(C(=O)O)ccc1C. The van der Waals surface area contributed by atoms with Crippen LogP contribution < -0.4 is 4.90 Å². The number of aryl methyl sites for hydroxylation is 1. The van der Waals surface area contributed by atoms with Crippen LogP contribution >= 0.6 is 0 Å². The second-order valence-electron chi connectivity index (χ2n) is 4.83. The van der Waals surface area contributed by atoms with Gasteiger partial charge in [0.25, 0.3) is 0 Å². The van der Waals surface area contributed by atoms with Crippen LogP contribution in [-0.2, 0) is 4.79 Å². The Labute approximate surface area is 118 Å². The monoisotopic (exact) mass is 277 g/mol. The van der Waals surface area contributed by atoms with Crippen LogP contribution in [0.2, 0.25) is 0 Å². The highest BCUT2D eigenvalue weighted by Gasteiger charge is 2.14. The minimum Gasteiger partial charge on any atom is -0.481 e. The van der Waals surface area contributed by atoms with E-state index in [9.17, 15) is 9.59 Å². The molecule has 0 heterocycles. The van der Waals surface area contributed by atoms with Crippen LogP contribution in [0, 0.1) is 6.92 Å². The molecule has 0 atom stereocenters. The molecule has 1 rings (SSSR count). The maximum Gasteiger partial charge on any atom is 0.335 e. The van der Waals surface area contributed by atoms with Gasteiger partial charge in [0.2, 0.25) is 0 Å². The third-order valence-corrected chi connectivity index (χ3v) is 2.85. The van der Waals surface area contributed by atoms with E-state index in [1.165, 1.54) is 6.07 Å². The van der Waals surface area contributed by atoms with Gasteiger partial charge >= 0.3 is 11.9 Å². The highest BCUT2D eigenvalue weighted by atomic mass is 16.4. The molecule has 0 aliphatic heterocycles. The maximum atomic E-state index is 11.0. The van der Waals surface area contributed by atoms with E-state index in [0.29, 0.717) is 13.1 Å². The molecule has 0 spiro atoms. The summed E-state index contributed by atoms with van der Waals surface area (Å²) in [6, 6.07) is 4.84. The Kier molecular flexibility index (Phi) is 5.32. The van der Waals surface area contributed by atoms with Crippen molar-refractivity contribution in [2.45, 2.75) is 20.3 Å². The lowest BCUT2D eigenvalue weighted by Gasteiger charge is -2.26. The van der Waals surface area contributed by atoms with Gasteiger partial charge in [0.15, 0.2) is 0 Å². The zero-order valence-electron chi connectivity index (χ0n) is 11.7. The first-order valence-corrected chi connectivity index (χ1v) is 6.26. The molecule has 20 heavy (non-hydrogen) atoms. The van der Waals surface area contributed by atoms with Crippen molar-refractivity contribution in [3.05, 3.63) is 41.5 Å². The van der Waals surface area contributed by atoms with Gasteiger partial charge in [0.1, 0.15) is 0 Å². The summed E-state index contributed by atoms with van der Waals surface area (Å²) < 4.78 is 0. The molecule has 0 aliphatic carbocycles. The number of aliphatic carboxylic acids is 1. The van der Waals surface area contributed by atoms with Crippen LogP contribution in [0.5, 0.6) is 0 Å². The zero-order chi connectivity index (χ0) is 15.3. The Morgan fingerprint density at radius 3 is 2.45 bits per heavy atom. The number of benzene rings is 1. The molecule has 2 N–H and O–H groups in total. The largest absolute Gasteiger partial charge is 0.481 e. The third-order valence-electron chi connectivity index (χ3n) is 2.85. The Morgan fingerprint density at radius 2 is 1.95 bits per heavy atom. The molecule has 0 radical (unpaired) electrons. The van der Waals surface area contributed by atoms with E-state index >= 15 is 0 Å². The normalized spacial score (nSPS) is 10.1. The molecule has 1 aromatic rings. The molecular weight excluding hydrogens is 258 g/mol. The molecule has 0 amide bonds. The number of carboxylic acid groups (broad SMARTS) is 2. The average Bonchev–Trinajstić information content (AvgIpc) is 2.34. The average molecular weight is 277 g/mol. The highest BCUT2D eigenvalue weighted by Crippen LogP contribution is 2.23. The van der Waals surface area contributed by atoms with E-state index < -0.39 is 11.9 Å². The molecule has 0 saturated heterocycles. The van der Waals surface area contributed by atoms with Crippen LogP contribution in [0.25, 0.3) is 0 Å². The third kappa shape index (κ3) is 4.42. The molecule has 0 aliphatic rings. The topological polar surface area (TPSA) is 77.8 Å².